The van der Waals surface area contributed by atoms with Crippen LogP contribution in [-0.4, -0.2) is 4.98 Å². The average Bonchev–Trinajstić information content (AvgIpc) is 2.67. The van der Waals surface area contributed by atoms with Crippen LogP contribution in [0.25, 0.3) is 21.7 Å². The first-order chi connectivity index (χ1) is 6.86. The van der Waals surface area contributed by atoms with Crippen LogP contribution in [-0.2, 0) is 0 Å². The van der Waals surface area contributed by atoms with E-state index in [4.69, 9.17) is 0 Å². The van der Waals surface area contributed by atoms with Gasteiger partial charge in [0.15, 0.2) is 0 Å². The van der Waals surface area contributed by atoms with Gasteiger partial charge in [0.05, 0.1) is 5.52 Å². The molecule has 0 aliphatic rings. The average molecular weight is 246 g/mol. The molecule has 14 heavy (non-hydrogen) atoms. The molecule has 3 rings (SSSR count). The normalized spacial score (nSPS) is 11.2. The van der Waals surface area contributed by atoms with E-state index in [0.717, 1.165) is 4.47 Å². The van der Waals surface area contributed by atoms with Crippen LogP contribution in [0.4, 0.5) is 0 Å². The molecule has 2 heteroatoms. The third-order valence-corrected chi connectivity index (χ3v) is 3.17. The maximum atomic E-state index is 3.58. The summed E-state index contributed by atoms with van der Waals surface area (Å²) in [4.78, 5) is 3.27. The molecule has 68 valence electrons. The number of H-pyrrole nitrogens is 1. The fourth-order valence-corrected chi connectivity index (χ4v) is 2.43. The molecule has 1 nitrogen and oxygen atoms in total. The van der Waals surface area contributed by atoms with Gasteiger partial charge in [-0.2, -0.15) is 0 Å². The van der Waals surface area contributed by atoms with Crippen LogP contribution in [0, 0.1) is 0 Å². The first-order valence-electron chi connectivity index (χ1n) is 4.50. The molecule has 0 aliphatic carbocycles. The van der Waals surface area contributed by atoms with Gasteiger partial charge in [0, 0.05) is 21.4 Å². The number of benzene rings is 2. The van der Waals surface area contributed by atoms with Crippen LogP contribution in [0.5, 0.6) is 0 Å². The number of hydrogen-bond donors (Lipinski definition) is 1. The minimum absolute atomic E-state index is 1.15. The number of rotatable bonds is 0. The third kappa shape index (κ3) is 1.01. The molecule has 0 amide bonds. The van der Waals surface area contributed by atoms with Gasteiger partial charge in [-0.1, -0.05) is 40.2 Å². The van der Waals surface area contributed by atoms with Crippen molar-refractivity contribution >= 4 is 37.6 Å². The van der Waals surface area contributed by atoms with E-state index in [0.29, 0.717) is 0 Å². The SMILES string of the molecule is Brc1cc2ccccc2c2[nH]ccc12. The van der Waals surface area contributed by atoms with E-state index in [1.54, 1.807) is 0 Å². The van der Waals surface area contributed by atoms with E-state index in [1.807, 2.05) is 6.20 Å². The summed E-state index contributed by atoms with van der Waals surface area (Å²) < 4.78 is 1.15. The van der Waals surface area contributed by atoms with E-state index in [9.17, 15) is 0 Å². The Hall–Kier alpha value is -1.28. The van der Waals surface area contributed by atoms with Crippen molar-refractivity contribution in [3.8, 4) is 0 Å². The van der Waals surface area contributed by atoms with Crippen molar-refractivity contribution in [3.05, 3.63) is 47.1 Å². The van der Waals surface area contributed by atoms with Gasteiger partial charge in [-0.15, -0.1) is 0 Å². The van der Waals surface area contributed by atoms with E-state index in [1.165, 1.54) is 21.7 Å². The molecule has 0 bridgehead atoms. The highest BCUT2D eigenvalue weighted by atomic mass is 79.9. The second-order valence-electron chi connectivity index (χ2n) is 3.35. The van der Waals surface area contributed by atoms with Crippen LogP contribution in [0.2, 0.25) is 0 Å². The van der Waals surface area contributed by atoms with Crippen molar-refractivity contribution in [2.75, 3.05) is 0 Å². The molecule has 0 aliphatic heterocycles. The first kappa shape index (κ1) is 8.06. The van der Waals surface area contributed by atoms with Gasteiger partial charge in [-0.25, -0.2) is 0 Å². The van der Waals surface area contributed by atoms with Crippen molar-refractivity contribution in [2.24, 2.45) is 0 Å². The smallest absolute Gasteiger partial charge is 0.0545 e. The number of halogens is 1. The Morgan fingerprint density at radius 2 is 1.86 bits per heavy atom. The number of aromatic amines is 1. The van der Waals surface area contributed by atoms with Gasteiger partial charge in [-0.05, 0) is 17.5 Å². The summed E-state index contributed by atoms with van der Waals surface area (Å²) in [5, 5.41) is 3.77. The van der Waals surface area contributed by atoms with Crippen LogP contribution >= 0.6 is 15.9 Å². The van der Waals surface area contributed by atoms with Gasteiger partial charge in [0.1, 0.15) is 0 Å². The fourth-order valence-electron chi connectivity index (χ4n) is 1.86. The highest BCUT2D eigenvalue weighted by molar-refractivity contribution is 9.10. The van der Waals surface area contributed by atoms with Gasteiger partial charge in [-0.3, -0.25) is 0 Å². The molecule has 0 fully saturated rings. The molecule has 0 spiro atoms. The second kappa shape index (κ2) is 2.85. The molecular weight excluding hydrogens is 238 g/mol. The molecule has 1 N–H and O–H groups in total. The molecule has 1 heterocycles. The molecule has 2 aromatic carbocycles. The van der Waals surface area contributed by atoms with E-state index < -0.39 is 0 Å². The second-order valence-corrected chi connectivity index (χ2v) is 4.20. The number of hydrogen-bond acceptors (Lipinski definition) is 0. The Balaban J connectivity index is 2.66. The number of fused-ring (bicyclic) bond motifs is 3. The van der Waals surface area contributed by atoms with Crippen molar-refractivity contribution in [2.45, 2.75) is 0 Å². The van der Waals surface area contributed by atoms with Gasteiger partial charge < -0.3 is 4.98 Å². The zero-order valence-corrected chi connectivity index (χ0v) is 9.01. The quantitative estimate of drug-likeness (QED) is 0.615. The van der Waals surface area contributed by atoms with Crippen LogP contribution < -0.4 is 0 Å². The minimum Gasteiger partial charge on any atom is -0.361 e. The van der Waals surface area contributed by atoms with Crippen molar-refractivity contribution in [1.82, 2.24) is 4.98 Å². The summed E-state index contributed by atoms with van der Waals surface area (Å²) in [5.74, 6) is 0. The maximum absolute atomic E-state index is 3.58. The Kier molecular flexibility index (Phi) is 1.64. The zero-order valence-electron chi connectivity index (χ0n) is 7.42. The molecular formula is C12H8BrN. The Labute approximate surface area is 89.9 Å². The molecule has 1 aromatic heterocycles. The maximum Gasteiger partial charge on any atom is 0.0545 e. The Morgan fingerprint density at radius 1 is 1.00 bits per heavy atom. The largest absolute Gasteiger partial charge is 0.361 e. The summed E-state index contributed by atoms with van der Waals surface area (Å²) in [7, 11) is 0. The molecule has 0 atom stereocenters. The molecule has 0 saturated heterocycles. The first-order valence-corrected chi connectivity index (χ1v) is 5.30. The monoisotopic (exact) mass is 245 g/mol. The minimum atomic E-state index is 1.15. The van der Waals surface area contributed by atoms with Gasteiger partial charge in [0.2, 0.25) is 0 Å². The van der Waals surface area contributed by atoms with E-state index >= 15 is 0 Å². The number of aromatic nitrogens is 1. The molecule has 3 aromatic rings. The Bertz CT molecular complexity index is 610. The van der Waals surface area contributed by atoms with E-state index in [-0.39, 0.29) is 0 Å². The summed E-state index contributed by atoms with van der Waals surface area (Å²) in [5.41, 5.74) is 1.20. The van der Waals surface area contributed by atoms with Crippen LogP contribution in [0.15, 0.2) is 47.1 Å². The lowest BCUT2D eigenvalue weighted by Gasteiger charge is -2.01. The third-order valence-electron chi connectivity index (χ3n) is 2.52. The highest BCUT2D eigenvalue weighted by Crippen LogP contribution is 2.30. The van der Waals surface area contributed by atoms with Crippen molar-refractivity contribution < 1.29 is 0 Å². The topological polar surface area (TPSA) is 15.8 Å². The summed E-state index contributed by atoms with van der Waals surface area (Å²) in [6.45, 7) is 0. The summed E-state index contributed by atoms with van der Waals surface area (Å²) in [6.07, 6.45) is 1.97. The summed E-state index contributed by atoms with van der Waals surface area (Å²) >= 11 is 3.58. The molecule has 0 saturated carbocycles. The Morgan fingerprint density at radius 3 is 2.79 bits per heavy atom. The lowest BCUT2D eigenvalue weighted by molar-refractivity contribution is 1.49. The zero-order chi connectivity index (χ0) is 9.54. The molecule has 0 radical (unpaired) electrons. The lowest BCUT2D eigenvalue weighted by atomic mass is 10.1. The van der Waals surface area contributed by atoms with Gasteiger partial charge >= 0.3 is 0 Å². The van der Waals surface area contributed by atoms with Crippen molar-refractivity contribution in [1.29, 1.82) is 0 Å². The lowest BCUT2D eigenvalue weighted by Crippen LogP contribution is -1.76. The highest BCUT2D eigenvalue weighted by Gasteiger charge is 2.04. The van der Waals surface area contributed by atoms with E-state index in [2.05, 4.69) is 57.3 Å². The fraction of sp³-hybridized carbons (Fsp3) is 0. The predicted molar refractivity (Wildman–Crippen MR) is 63.5 cm³/mol. The van der Waals surface area contributed by atoms with Crippen LogP contribution in [0.1, 0.15) is 0 Å². The van der Waals surface area contributed by atoms with Crippen molar-refractivity contribution in [3.63, 3.8) is 0 Å². The standard InChI is InChI=1S/C12H8BrN/c13-11-7-8-3-1-2-4-9(8)12-10(11)5-6-14-12/h1-7,14H. The molecule has 0 unspecified atom stereocenters. The van der Waals surface area contributed by atoms with Gasteiger partial charge in [0.25, 0.3) is 0 Å². The van der Waals surface area contributed by atoms with Crippen LogP contribution in [0.3, 0.4) is 0 Å². The summed E-state index contributed by atoms with van der Waals surface area (Å²) in [6, 6.07) is 12.6. The number of nitrogens with one attached hydrogen (secondary N) is 1. The predicted octanol–water partition coefficient (Wildman–Crippen LogP) is 4.08.